The zero-order valence-electron chi connectivity index (χ0n) is 21.6. The number of rotatable bonds is 6. The monoisotopic (exact) mass is 555 g/mol. The summed E-state index contributed by atoms with van der Waals surface area (Å²) in [5.74, 6) is -1.53. The number of benzene rings is 2. The normalized spacial score (nSPS) is 13.3. The Kier molecular flexibility index (Phi) is 8.55. The van der Waals surface area contributed by atoms with Crippen LogP contribution in [0.25, 0.3) is 5.69 Å². The van der Waals surface area contributed by atoms with Gasteiger partial charge in [0, 0.05) is 24.6 Å². The van der Waals surface area contributed by atoms with E-state index in [-0.39, 0.29) is 40.9 Å². The third-order valence-corrected chi connectivity index (χ3v) is 6.69. The number of ether oxygens (including phenoxy) is 1. The van der Waals surface area contributed by atoms with E-state index < -0.39 is 33.3 Å². The topological polar surface area (TPSA) is 81.5 Å². The fraction of sp³-hybridized carbons (Fsp3) is 0.385. The summed E-state index contributed by atoms with van der Waals surface area (Å²) in [6, 6.07) is 7.01. The minimum atomic E-state index is -4.85. The number of sulfone groups is 1. The van der Waals surface area contributed by atoms with Gasteiger partial charge in [-0.1, -0.05) is 33.8 Å². The zero-order chi connectivity index (χ0) is 28.4. The average molecular weight is 556 g/mol. The maximum Gasteiger partial charge on any atom is 0.419 e. The first-order valence-corrected chi connectivity index (χ1v) is 13.8. The summed E-state index contributed by atoms with van der Waals surface area (Å²) in [4.78, 5) is 14.7. The minimum absolute atomic E-state index is 0.00840. The van der Waals surface area contributed by atoms with Crippen molar-refractivity contribution in [3.05, 3.63) is 70.8 Å². The molecule has 0 fully saturated rings. The number of hydrogen-bond donors (Lipinski definition) is 0. The van der Waals surface area contributed by atoms with E-state index in [1.165, 1.54) is 35.4 Å². The van der Waals surface area contributed by atoms with E-state index in [2.05, 4.69) is 5.10 Å². The summed E-state index contributed by atoms with van der Waals surface area (Å²) < 4.78 is 84.6. The van der Waals surface area contributed by atoms with Crippen molar-refractivity contribution in [2.24, 2.45) is 5.92 Å². The molecule has 0 spiro atoms. The molecule has 0 atom stereocenters. The van der Waals surface area contributed by atoms with Crippen LogP contribution in [0.3, 0.4) is 0 Å². The van der Waals surface area contributed by atoms with Crippen LogP contribution in [-0.2, 0) is 29.1 Å². The lowest BCUT2D eigenvalue weighted by Crippen LogP contribution is -2.27. The van der Waals surface area contributed by atoms with Gasteiger partial charge in [-0.05, 0) is 36.2 Å². The van der Waals surface area contributed by atoms with Gasteiger partial charge >= 0.3 is 6.18 Å². The first-order chi connectivity index (χ1) is 17.8. The molecular weight excluding hydrogens is 526 g/mol. The van der Waals surface area contributed by atoms with Gasteiger partial charge in [-0.15, -0.1) is 0 Å². The van der Waals surface area contributed by atoms with Gasteiger partial charge in [-0.3, -0.25) is 4.79 Å². The molecule has 206 valence electrons. The molecule has 1 aliphatic heterocycles. The van der Waals surface area contributed by atoms with Crippen molar-refractivity contribution in [2.75, 3.05) is 12.9 Å². The zero-order valence-corrected chi connectivity index (χ0v) is 22.5. The van der Waals surface area contributed by atoms with Crippen LogP contribution >= 0.6 is 0 Å². The quantitative estimate of drug-likeness (QED) is 0.367. The van der Waals surface area contributed by atoms with E-state index in [0.717, 1.165) is 17.0 Å². The molecule has 0 radical (unpaired) electrons. The van der Waals surface area contributed by atoms with E-state index in [0.29, 0.717) is 23.9 Å². The Morgan fingerprint density at radius 2 is 1.82 bits per heavy atom. The van der Waals surface area contributed by atoms with Crippen molar-refractivity contribution >= 4 is 15.7 Å². The molecule has 12 heteroatoms. The van der Waals surface area contributed by atoms with Crippen molar-refractivity contribution in [3.8, 4) is 11.4 Å². The Labute approximate surface area is 218 Å². The number of hydrogen-bond acceptors (Lipinski definition) is 5. The number of nitrogens with zero attached hydrogens (tertiary/aromatic N) is 3. The molecule has 0 saturated carbocycles. The van der Waals surface area contributed by atoms with E-state index in [1.54, 1.807) is 0 Å². The van der Waals surface area contributed by atoms with Gasteiger partial charge in [0.2, 0.25) is 0 Å². The van der Waals surface area contributed by atoms with E-state index in [4.69, 9.17) is 4.74 Å². The number of aromatic nitrogens is 2. The van der Waals surface area contributed by atoms with Crippen molar-refractivity contribution in [1.82, 2.24) is 14.7 Å². The second kappa shape index (κ2) is 11.1. The van der Waals surface area contributed by atoms with Crippen LogP contribution in [0.15, 0.2) is 47.5 Å². The number of amides is 1. The fourth-order valence-electron chi connectivity index (χ4n) is 3.80. The SMILES string of the molecule is CC.CC(C)COc1ccc(S(C)(=O)=O)cc1C(=O)N1Cc2cn(-c3cccc(C(F)(F)F)c3F)nc2C1. The van der Waals surface area contributed by atoms with E-state index >= 15 is 0 Å². The number of alkyl halides is 3. The molecule has 3 aromatic rings. The molecule has 2 aromatic carbocycles. The van der Waals surface area contributed by atoms with Gasteiger partial charge in [0.05, 0.1) is 34.9 Å². The molecular formula is C26H29F4N3O4S. The number of carbonyl (C=O) groups is 1. The maximum absolute atomic E-state index is 14.5. The van der Waals surface area contributed by atoms with Crippen molar-refractivity contribution in [2.45, 2.75) is 51.9 Å². The predicted molar refractivity (Wildman–Crippen MR) is 133 cm³/mol. The Hall–Kier alpha value is -3.41. The fourth-order valence-corrected chi connectivity index (χ4v) is 4.44. The highest BCUT2D eigenvalue weighted by molar-refractivity contribution is 7.90. The smallest absolute Gasteiger partial charge is 0.419 e. The largest absolute Gasteiger partial charge is 0.492 e. The van der Waals surface area contributed by atoms with Crippen LogP contribution in [0.5, 0.6) is 5.75 Å². The average Bonchev–Trinajstić information content (AvgIpc) is 3.42. The molecule has 0 N–H and O–H groups in total. The van der Waals surface area contributed by atoms with Crippen molar-refractivity contribution < 1.29 is 35.5 Å². The molecule has 1 amide bonds. The summed E-state index contributed by atoms with van der Waals surface area (Å²) in [6.07, 6.45) is -2.44. The molecule has 38 heavy (non-hydrogen) atoms. The van der Waals surface area contributed by atoms with Crippen LogP contribution in [0.1, 0.15) is 54.9 Å². The summed E-state index contributed by atoms with van der Waals surface area (Å²) >= 11 is 0. The molecule has 4 rings (SSSR count). The molecule has 7 nitrogen and oxygen atoms in total. The molecule has 0 bridgehead atoms. The molecule has 2 heterocycles. The molecule has 0 saturated heterocycles. The summed E-state index contributed by atoms with van der Waals surface area (Å²) in [5.41, 5.74) is -0.761. The summed E-state index contributed by atoms with van der Waals surface area (Å²) in [7, 11) is -3.59. The molecule has 0 unspecified atom stereocenters. The van der Waals surface area contributed by atoms with Crippen molar-refractivity contribution in [1.29, 1.82) is 0 Å². The predicted octanol–water partition coefficient (Wildman–Crippen LogP) is 5.65. The third-order valence-electron chi connectivity index (χ3n) is 5.58. The Balaban J connectivity index is 0.00000195. The first-order valence-electron chi connectivity index (χ1n) is 12.0. The minimum Gasteiger partial charge on any atom is -0.492 e. The van der Waals surface area contributed by atoms with Crippen LogP contribution in [0.2, 0.25) is 0 Å². The highest BCUT2D eigenvalue weighted by Crippen LogP contribution is 2.34. The molecule has 1 aromatic heterocycles. The Morgan fingerprint density at radius 1 is 1.13 bits per heavy atom. The summed E-state index contributed by atoms with van der Waals surface area (Å²) in [6.45, 7) is 8.24. The number of carbonyl (C=O) groups excluding carboxylic acids is 1. The van der Waals surface area contributed by atoms with Gasteiger partial charge in [0.25, 0.3) is 5.91 Å². The van der Waals surface area contributed by atoms with E-state index in [9.17, 15) is 30.8 Å². The van der Waals surface area contributed by atoms with Crippen LogP contribution in [0.4, 0.5) is 17.6 Å². The lowest BCUT2D eigenvalue weighted by molar-refractivity contribution is -0.140. The second-order valence-electron chi connectivity index (χ2n) is 8.98. The third kappa shape index (κ3) is 6.17. The maximum atomic E-state index is 14.5. The second-order valence-corrected chi connectivity index (χ2v) is 11.0. The van der Waals surface area contributed by atoms with E-state index in [1.807, 2.05) is 27.7 Å². The standard InChI is InChI=1S/C24H23F4N3O4S.C2H6/c1-14(2)13-35-21-8-7-16(36(3,33)34)9-17(21)23(32)30-10-15-11-31(29-19(15)12-30)20-6-4-5-18(22(20)25)24(26,27)28;1-2/h4-9,11,14H,10,12-13H2,1-3H3;1-2H3. The highest BCUT2D eigenvalue weighted by atomic mass is 32.2. The number of halogens is 4. The lowest BCUT2D eigenvalue weighted by atomic mass is 10.1. The van der Waals surface area contributed by atoms with Gasteiger partial charge in [-0.2, -0.15) is 18.3 Å². The summed E-state index contributed by atoms with van der Waals surface area (Å²) in [5, 5.41) is 4.20. The first kappa shape index (κ1) is 29.2. The highest BCUT2D eigenvalue weighted by Gasteiger charge is 2.36. The van der Waals surface area contributed by atoms with Gasteiger partial charge in [0.1, 0.15) is 11.4 Å². The number of fused-ring (bicyclic) bond motifs is 1. The van der Waals surface area contributed by atoms with Gasteiger partial charge in [-0.25, -0.2) is 17.5 Å². The van der Waals surface area contributed by atoms with Crippen LogP contribution < -0.4 is 4.74 Å². The van der Waals surface area contributed by atoms with Crippen molar-refractivity contribution in [3.63, 3.8) is 0 Å². The molecule has 0 aliphatic carbocycles. The van der Waals surface area contributed by atoms with Crippen LogP contribution in [0, 0.1) is 11.7 Å². The van der Waals surface area contributed by atoms with Gasteiger partial charge in [0.15, 0.2) is 15.7 Å². The Bertz CT molecular complexity index is 1410. The Morgan fingerprint density at radius 3 is 2.39 bits per heavy atom. The van der Waals surface area contributed by atoms with Gasteiger partial charge < -0.3 is 9.64 Å². The molecule has 1 aliphatic rings. The van der Waals surface area contributed by atoms with Crippen LogP contribution in [-0.4, -0.2) is 41.9 Å². The lowest BCUT2D eigenvalue weighted by Gasteiger charge is -2.19.